The number of hydrogen-bond acceptors (Lipinski definition) is 2. The van der Waals surface area contributed by atoms with Gasteiger partial charge in [-0.25, -0.2) is 0 Å². The van der Waals surface area contributed by atoms with Crippen molar-refractivity contribution in [1.29, 1.82) is 0 Å². The van der Waals surface area contributed by atoms with Crippen molar-refractivity contribution in [2.24, 2.45) is 0 Å². The smallest absolute Gasteiger partial charge is 0.237 e. The van der Waals surface area contributed by atoms with E-state index in [0.717, 1.165) is 24.9 Å². The van der Waals surface area contributed by atoms with E-state index in [-0.39, 0.29) is 11.9 Å². The molecule has 1 aliphatic rings. The second-order valence-electron chi connectivity index (χ2n) is 5.26. The van der Waals surface area contributed by atoms with Gasteiger partial charge in [-0.2, -0.15) is 0 Å². The van der Waals surface area contributed by atoms with Gasteiger partial charge in [-0.05, 0) is 36.4 Å². The van der Waals surface area contributed by atoms with Gasteiger partial charge in [0.05, 0.1) is 6.04 Å². The number of carbonyl (C=O) groups is 1. The van der Waals surface area contributed by atoms with Gasteiger partial charge in [-0.15, -0.1) is 0 Å². The molecule has 1 aromatic carbocycles. The minimum absolute atomic E-state index is 0.0138. The average molecular weight is 246 g/mol. The summed E-state index contributed by atoms with van der Waals surface area (Å²) in [6, 6.07) is 8.48. The maximum Gasteiger partial charge on any atom is 0.237 e. The number of amides is 1. The standard InChI is InChI=1S/C15H22N2O/c1-11(2)13-7-5-12(6-8-13)10-17-15(18)14-4-3-9-16-14/h5-8,11,14,16H,3-4,9-10H2,1-2H3,(H,17,18)/t14-/m1/s1. The van der Waals surface area contributed by atoms with Crippen molar-refractivity contribution < 1.29 is 4.79 Å². The third-order valence-corrected chi connectivity index (χ3v) is 3.49. The topological polar surface area (TPSA) is 41.1 Å². The molecule has 1 aromatic rings. The molecule has 1 heterocycles. The Morgan fingerprint density at radius 3 is 2.67 bits per heavy atom. The Morgan fingerprint density at radius 1 is 1.39 bits per heavy atom. The first-order chi connectivity index (χ1) is 8.66. The lowest BCUT2D eigenvalue weighted by molar-refractivity contribution is -0.122. The molecule has 0 aliphatic carbocycles. The molecule has 0 saturated carbocycles. The fraction of sp³-hybridized carbons (Fsp3) is 0.533. The second kappa shape index (κ2) is 6.01. The minimum atomic E-state index is 0.0138. The highest BCUT2D eigenvalue weighted by atomic mass is 16.2. The average Bonchev–Trinajstić information content (AvgIpc) is 2.90. The van der Waals surface area contributed by atoms with Crippen LogP contribution in [0.4, 0.5) is 0 Å². The highest BCUT2D eigenvalue weighted by molar-refractivity contribution is 5.81. The van der Waals surface area contributed by atoms with Gasteiger partial charge < -0.3 is 10.6 Å². The largest absolute Gasteiger partial charge is 0.351 e. The van der Waals surface area contributed by atoms with E-state index in [2.05, 4.69) is 48.7 Å². The van der Waals surface area contributed by atoms with Crippen LogP contribution in [0.1, 0.15) is 43.7 Å². The maximum absolute atomic E-state index is 11.8. The normalized spacial score (nSPS) is 19.2. The van der Waals surface area contributed by atoms with Crippen LogP contribution in [0.25, 0.3) is 0 Å². The summed E-state index contributed by atoms with van der Waals surface area (Å²) >= 11 is 0. The zero-order chi connectivity index (χ0) is 13.0. The molecule has 3 nitrogen and oxygen atoms in total. The van der Waals surface area contributed by atoms with Crippen molar-refractivity contribution in [3.8, 4) is 0 Å². The summed E-state index contributed by atoms with van der Waals surface area (Å²) in [5, 5.41) is 6.19. The lowest BCUT2D eigenvalue weighted by atomic mass is 10.0. The molecule has 1 aliphatic heterocycles. The molecular weight excluding hydrogens is 224 g/mol. The van der Waals surface area contributed by atoms with Gasteiger partial charge in [-0.3, -0.25) is 4.79 Å². The summed E-state index contributed by atoms with van der Waals surface area (Å²) in [5.41, 5.74) is 2.49. The van der Waals surface area contributed by atoms with Crippen LogP contribution in [0, 0.1) is 0 Å². The van der Waals surface area contributed by atoms with Gasteiger partial charge in [0.15, 0.2) is 0 Å². The Bertz CT molecular complexity index is 391. The summed E-state index contributed by atoms with van der Waals surface area (Å²) < 4.78 is 0. The molecule has 0 aromatic heterocycles. The van der Waals surface area contributed by atoms with E-state index < -0.39 is 0 Å². The Balaban J connectivity index is 1.84. The third-order valence-electron chi connectivity index (χ3n) is 3.49. The number of benzene rings is 1. The Kier molecular flexibility index (Phi) is 4.37. The molecule has 0 spiro atoms. The maximum atomic E-state index is 11.8. The van der Waals surface area contributed by atoms with E-state index >= 15 is 0 Å². The highest BCUT2D eigenvalue weighted by Crippen LogP contribution is 2.14. The lowest BCUT2D eigenvalue weighted by Crippen LogP contribution is -2.39. The Hall–Kier alpha value is -1.35. The summed E-state index contributed by atoms with van der Waals surface area (Å²) in [5.74, 6) is 0.678. The molecule has 0 radical (unpaired) electrons. The van der Waals surface area contributed by atoms with E-state index in [0.29, 0.717) is 12.5 Å². The van der Waals surface area contributed by atoms with Gasteiger partial charge in [-0.1, -0.05) is 38.1 Å². The summed E-state index contributed by atoms with van der Waals surface area (Å²) in [6.45, 7) is 5.95. The number of carbonyl (C=O) groups excluding carboxylic acids is 1. The Morgan fingerprint density at radius 2 is 2.11 bits per heavy atom. The van der Waals surface area contributed by atoms with Crippen molar-refractivity contribution >= 4 is 5.91 Å². The van der Waals surface area contributed by atoms with Crippen molar-refractivity contribution in [1.82, 2.24) is 10.6 Å². The molecule has 1 atom stereocenters. The fourth-order valence-electron chi connectivity index (χ4n) is 2.24. The zero-order valence-electron chi connectivity index (χ0n) is 11.2. The van der Waals surface area contributed by atoms with Crippen LogP contribution in [0.15, 0.2) is 24.3 Å². The molecule has 1 saturated heterocycles. The van der Waals surface area contributed by atoms with Crippen LogP contribution in [-0.4, -0.2) is 18.5 Å². The van der Waals surface area contributed by atoms with E-state index in [9.17, 15) is 4.79 Å². The first kappa shape index (κ1) is 13.1. The van der Waals surface area contributed by atoms with Crippen LogP contribution < -0.4 is 10.6 Å². The molecular formula is C15H22N2O. The van der Waals surface area contributed by atoms with Crippen LogP contribution in [-0.2, 0) is 11.3 Å². The van der Waals surface area contributed by atoms with Crippen LogP contribution in [0.5, 0.6) is 0 Å². The van der Waals surface area contributed by atoms with Crippen molar-refractivity contribution in [2.45, 2.75) is 45.2 Å². The molecule has 1 amide bonds. The van der Waals surface area contributed by atoms with Crippen molar-refractivity contribution in [2.75, 3.05) is 6.54 Å². The van der Waals surface area contributed by atoms with Gasteiger partial charge in [0.25, 0.3) is 0 Å². The summed E-state index contributed by atoms with van der Waals surface area (Å²) in [7, 11) is 0. The molecule has 0 bridgehead atoms. The van der Waals surface area contributed by atoms with Gasteiger partial charge in [0.2, 0.25) is 5.91 Å². The molecule has 98 valence electrons. The highest BCUT2D eigenvalue weighted by Gasteiger charge is 2.21. The number of rotatable bonds is 4. The first-order valence-corrected chi connectivity index (χ1v) is 6.77. The van der Waals surface area contributed by atoms with E-state index in [1.807, 2.05) is 0 Å². The molecule has 2 N–H and O–H groups in total. The number of hydrogen-bond donors (Lipinski definition) is 2. The molecule has 18 heavy (non-hydrogen) atoms. The summed E-state index contributed by atoms with van der Waals surface area (Å²) in [6.07, 6.45) is 2.05. The predicted octanol–water partition coefficient (Wildman–Crippen LogP) is 2.18. The fourth-order valence-corrected chi connectivity index (χ4v) is 2.24. The quantitative estimate of drug-likeness (QED) is 0.855. The van der Waals surface area contributed by atoms with Gasteiger partial charge >= 0.3 is 0 Å². The second-order valence-corrected chi connectivity index (χ2v) is 5.26. The number of nitrogens with one attached hydrogen (secondary N) is 2. The minimum Gasteiger partial charge on any atom is -0.351 e. The lowest BCUT2D eigenvalue weighted by Gasteiger charge is -2.12. The van der Waals surface area contributed by atoms with Crippen molar-refractivity contribution in [3.63, 3.8) is 0 Å². The zero-order valence-corrected chi connectivity index (χ0v) is 11.2. The van der Waals surface area contributed by atoms with Crippen LogP contribution >= 0.6 is 0 Å². The van der Waals surface area contributed by atoms with E-state index in [1.165, 1.54) is 5.56 Å². The van der Waals surface area contributed by atoms with E-state index in [4.69, 9.17) is 0 Å². The predicted molar refractivity (Wildman–Crippen MR) is 73.4 cm³/mol. The van der Waals surface area contributed by atoms with Crippen LogP contribution in [0.2, 0.25) is 0 Å². The van der Waals surface area contributed by atoms with Gasteiger partial charge in [0, 0.05) is 6.54 Å². The molecule has 0 unspecified atom stereocenters. The molecule has 3 heteroatoms. The van der Waals surface area contributed by atoms with Crippen LogP contribution in [0.3, 0.4) is 0 Å². The summed E-state index contributed by atoms with van der Waals surface area (Å²) in [4.78, 5) is 11.8. The monoisotopic (exact) mass is 246 g/mol. The van der Waals surface area contributed by atoms with Crippen molar-refractivity contribution in [3.05, 3.63) is 35.4 Å². The Labute approximate surface area is 109 Å². The first-order valence-electron chi connectivity index (χ1n) is 6.77. The third kappa shape index (κ3) is 3.33. The molecule has 1 fully saturated rings. The van der Waals surface area contributed by atoms with E-state index in [1.54, 1.807) is 0 Å². The SMILES string of the molecule is CC(C)c1ccc(CNC(=O)[C@H]2CCCN2)cc1. The van der Waals surface area contributed by atoms with Gasteiger partial charge in [0.1, 0.15) is 0 Å². The molecule has 2 rings (SSSR count).